The Morgan fingerprint density at radius 1 is 1.20 bits per heavy atom. The number of hydrogen-bond acceptors (Lipinski definition) is 7. The Hall–Kier alpha value is -2.78. The molecule has 2 aromatic carbocycles. The molecule has 1 aliphatic rings. The summed E-state index contributed by atoms with van der Waals surface area (Å²) in [6, 6.07) is 7.97. The topological polar surface area (TPSA) is 85.7 Å². The van der Waals surface area contributed by atoms with E-state index < -0.39 is 9.73 Å². The van der Waals surface area contributed by atoms with Crippen LogP contribution in [-0.2, 0) is 14.5 Å². The molecule has 4 rings (SSSR count). The van der Waals surface area contributed by atoms with Crippen molar-refractivity contribution in [2.24, 2.45) is 4.36 Å². The highest BCUT2D eigenvalue weighted by atomic mass is 32.2. The fraction of sp³-hybridized carbons (Fsp3) is 0.462. The van der Waals surface area contributed by atoms with Gasteiger partial charge in [-0.3, -0.25) is 0 Å². The lowest BCUT2D eigenvalue weighted by Crippen LogP contribution is -2.16. The first kappa shape index (κ1) is 28.5. The van der Waals surface area contributed by atoms with E-state index in [9.17, 15) is 8.60 Å². The van der Waals surface area contributed by atoms with Crippen LogP contribution in [0, 0.1) is 12.7 Å². The molecule has 35 heavy (non-hydrogen) atoms. The molecule has 0 aliphatic carbocycles. The Morgan fingerprint density at radius 2 is 1.91 bits per heavy atom. The number of nitrogens with one attached hydrogen (secondary N) is 1. The summed E-state index contributed by atoms with van der Waals surface area (Å²) < 4.78 is 41.5. The summed E-state index contributed by atoms with van der Waals surface area (Å²) in [5.41, 5.74) is 2.75. The van der Waals surface area contributed by atoms with E-state index in [-0.39, 0.29) is 11.9 Å². The van der Waals surface area contributed by atoms with Crippen molar-refractivity contribution < 1.29 is 18.1 Å². The molecule has 0 saturated carbocycles. The lowest BCUT2D eigenvalue weighted by molar-refractivity contribution is 0.141. The van der Waals surface area contributed by atoms with Crippen LogP contribution in [-0.4, -0.2) is 46.0 Å². The van der Waals surface area contributed by atoms with Gasteiger partial charge in [0, 0.05) is 40.1 Å². The van der Waals surface area contributed by atoms with Gasteiger partial charge >= 0.3 is 0 Å². The van der Waals surface area contributed by atoms with Gasteiger partial charge in [0.25, 0.3) is 0 Å². The lowest BCUT2D eigenvalue weighted by Gasteiger charge is -2.17. The molecule has 7 nitrogen and oxygen atoms in total. The maximum atomic E-state index is 13.9. The van der Waals surface area contributed by atoms with Crippen LogP contribution in [0.2, 0.25) is 0 Å². The van der Waals surface area contributed by atoms with Gasteiger partial charge in [0.1, 0.15) is 29.8 Å². The summed E-state index contributed by atoms with van der Waals surface area (Å²) in [5, 5.41) is 4.06. The van der Waals surface area contributed by atoms with Gasteiger partial charge in [-0.25, -0.2) is 18.6 Å². The maximum absolute atomic E-state index is 13.9. The molecule has 3 aromatic rings. The molecule has 9 heteroatoms. The van der Waals surface area contributed by atoms with Gasteiger partial charge in [-0.05, 0) is 36.8 Å². The Morgan fingerprint density at radius 3 is 2.54 bits per heavy atom. The van der Waals surface area contributed by atoms with E-state index in [2.05, 4.69) is 33.5 Å². The van der Waals surface area contributed by atoms with Gasteiger partial charge in [0.05, 0.1) is 30.1 Å². The van der Waals surface area contributed by atoms with Crippen molar-refractivity contribution in [3.63, 3.8) is 0 Å². The second-order valence-corrected chi connectivity index (χ2v) is 10.8. The third-order valence-corrected chi connectivity index (χ3v) is 5.27. The van der Waals surface area contributed by atoms with Crippen molar-refractivity contribution in [1.82, 2.24) is 9.97 Å². The molecule has 2 heterocycles. The Kier molecular flexibility index (Phi) is 10.9. The molecule has 1 N–H and O–H groups in total. The fourth-order valence-electron chi connectivity index (χ4n) is 3.38. The number of aryl methyl sites for hydroxylation is 1. The van der Waals surface area contributed by atoms with Gasteiger partial charge in [0.15, 0.2) is 0 Å². The molecule has 1 fully saturated rings. The monoisotopic (exact) mass is 504 g/mol. The van der Waals surface area contributed by atoms with E-state index >= 15 is 0 Å². The standard InChI is InChI=1S/C21H23FN4O3S.C3H8.C2H6/c1-13-8-15(26-30(2,3)27)10-18-20(13)21(24-12-23-18)25-17-5-4-14(22)9-19(17)29-16-6-7-28-11-16;1-3-2;1-2/h4-5,8-10,12,16H,6-7,11H2,1-3H3,(H,23,24,25);3H2,1-2H3;1-2H3. The zero-order valence-electron chi connectivity index (χ0n) is 21.7. The normalized spacial score (nSPS) is 14.9. The number of halogens is 1. The quantitative estimate of drug-likeness (QED) is 0.412. The van der Waals surface area contributed by atoms with Crippen molar-refractivity contribution >= 4 is 37.8 Å². The summed E-state index contributed by atoms with van der Waals surface area (Å²) in [5.74, 6) is 0.585. The van der Waals surface area contributed by atoms with Crippen molar-refractivity contribution in [2.75, 3.05) is 31.0 Å². The summed E-state index contributed by atoms with van der Waals surface area (Å²) in [7, 11) is -2.29. The lowest BCUT2D eigenvalue weighted by atomic mass is 10.1. The average Bonchev–Trinajstić information content (AvgIpc) is 3.29. The molecule has 1 aliphatic heterocycles. The number of rotatable bonds is 5. The summed E-state index contributed by atoms with van der Waals surface area (Å²) in [4.78, 5) is 8.72. The molecular weight excluding hydrogens is 467 g/mol. The minimum atomic E-state index is -2.29. The van der Waals surface area contributed by atoms with Crippen LogP contribution >= 0.6 is 0 Å². The molecule has 0 bridgehead atoms. The van der Waals surface area contributed by atoms with Gasteiger partial charge in [0.2, 0.25) is 0 Å². The summed E-state index contributed by atoms with van der Waals surface area (Å²) >= 11 is 0. The third kappa shape index (κ3) is 8.43. The number of benzene rings is 2. The molecule has 1 aromatic heterocycles. The minimum Gasteiger partial charge on any atom is -0.486 e. The molecule has 1 unspecified atom stereocenters. The number of nitrogens with zero attached hydrogens (tertiary/aromatic N) is 3. The molecular formula is C26H37FN4O3S. The first-order valence-corrected chi connectivity index (χ1v) is 14.3. The molecule has 1 saturated heterocycles. The molecule has 192 valence electrons. The number of aromatic nitrogens is 2. The molecule has 0 amide bonds. The van der Waals surface area contributed by atoms with E-state index in [4.69, 9.17) is 9.47 Å². The number of fused-ring (bicyclic) bond motifs is 1. The van der Waals surface area contributed by atoms with Crippen molar-refractivity contribution in [2.45, 2.75) is 53.6 Å². The van der Waals surface area contributed by atoms with Gasteiger partial charge in [-0.15, -0.1) is 0 Å². The van der Waals surface area contributed by atoms with E-state index in [0.29, 0.717) is 41.7 Å². The SMILES string of the molecule is CC.CCC.Cc1cc(N=S(C)(C)=O)cc2ncnc(Nc3ccc(F)cc3OC3CCOC3)c12. The van der Waals surface area contributed by atoms with Crippen LogP contribution < -0.4 is 10.1 Å². The zero-order chi connectivity index (χ0) is 26.0. The predicted molar refractivity (Wildman–Crippen MR) is 143 cm³/mol. The average molecular weight is 505 g/mol. The van der Waals surface area contributed by atoms with E-state index in [1.807, 2.05) is 26.8 Å². The van der Waals surface area contributed by atoms with Crippen LogP contribution in [0.1, 0.15) is 46.1 Å². The number of hydrogen-bond donors (Lipinski definition) is 1. The van der Waals surface area contributed by atoms with Crippen LogP contribution in [0.5, 0.6) is 5.75 Å². The zero-order valence-corrected chi connectivity index (χ0v) is 22.5. The van der Waals surface area contributed by atoms with Crippen LogP contribution in [0.4, 0.5) is 21.6 Å². The number of anilines is 2. The van der Waals surface area contributed by atoms with Crippen LogP contribution in [0.3, 0.4) is 0 Å². The van der Waals surface area contributed by atoms with Crippen molar-refractivity contribution in [3.8, 4) is 5.75 Å². The molecule has 1 atom stereocenters. The molecule has 0 spiro atoms. The third-order valence-electron chi connectivity index (χ3n) is 4.62. The highest BCUT2D eigenvalue weighted by Crippen LogP contribution is 2.34. The Labute approximate surface area is 208 Å². The van der Waals surface area contributed by atoms with E-state index in [1.165, 1.54) is 24.9 Å². The van der Waals surface area contributed by atoms with Crippen LogP contribution in [0.15, 0.2) is 41.0 Å². The highest BCUT2D eigenvalue weighted by molar-refractivity contribution is 7.92. The van der Waals surface area contributed by atoms with Gasteiger partial charge in [-0.2, -0.15) is 4.36 Å². The summed E-state index contributed by atoms with van der Waals surface area (Å²) in [6.07, 6.45) is 6.52. The van der Waals surface area contributed by atoms with Crippen molar-refractivity contribution in [1.29, 1.82) is 0 Å². The second kappa shape index (κ2) is 13.3. The largest absolute Gasteiger partial charge is 0.486 e. The first-order valence-electron chi connectivity index (χ1n) is 11.9. The maximum Gasteiger partial charge on any atom is 0.146 e. The Bertz CT molecular complexity index is 1230. The predicted octanol–water partition coefficient (Wildman–Crippen LogP) is 6.79. The van der Waals surface area contributed by atoms with E-state index in [0.717, 1.165) is 17.4 Å². The number of ether oxygens (including phenoxy) is 2. The highest BCUT2D eigenvalue weighted by Gasteiger charge is 2.20. The minimum absolute atomic E-state index is 0.113. The first-order chi connectivity index (χ1) is 16.7. The Balaban J connectivity index is 0.000000803. The van der Waals surface area contributed by atoms with E-state index in [1.54, 1.807) is 24.6 Å². The molecule has 0 radical (unpaired) electrons. The van der Waals surface area contributed by atoms with Gasteiger partial charge < -0.3 is 14.8 Å². The fourth-order valence-corrected chi connectivity index (χ4v) is 4.00. The summed E-state index contributed by atoms with van der Waals surface area (Å²) in [6.45, 7) is 11.3. The van der Waals surface area contributed by atoms with Crippen LogP contribution in [0.25, 0.3) is 10.9 Å². The second-order valence-electron chi connectivity index (χ2n) is 8.23. The van der Waals surface area contributed by atoms with Gasteiger partial charge in [-0.1, -0.05) is 34.1 Å². The smallest absolute Gasteiger partial charge is 0.146 e. The van der Waals surface area contributed by atoms with Crippen molar-refractivity contribution in [3.05, 3.63) is 48.0 Å².